The molecule has 3 aromatic heterocycles. The highest BCUT2D eigenvalue weighted by Gasteiger charge is 2.13. The van der Waals surface area contributed by atoms with Crippen LogP contribution in [-0.4, -0.2) is 14.4 Å². The molecule has 2 N–H and O–H groups in total. The van der Waals surface area contributed by atoms with E-state index in [1.807, 2.05) is 25.3 Å². The Bertz CT molecular complexity index is 639. The van der Waals surface area contributed by atoms with Gasteiger partial charge in [0.15, 0.2) is 0 Å². The van der Waals surface area contributed by atoms with Gasteiger partial charge in [-0.1, -0.05) is 0 Å². The van der Waals surface area contributed by atoms with Gasteiger partial charge in [-0.25, -0.2) is 4.98 Å². The summed E-state index contributed by atoms with van der Waals surface area (Å²) in [7, 11) is 0. The number of nitrogens with two attached hydrogens (primary N) is 1. The first-order chi connectivity index (χ1) is 8.27. The van der Waals surface area contributed by atoms with Gasteiger partial charge in [-0.3, -0.25) is 9.38 Å². The lowest BCUT2D eigenvalue weighted by Crippen LogP contribution is -2.09. The van der Waals surface area contributed by atoms with Gasteiger partial charge in [-0.05, 0) is 19.1 Å². The Morgan fingerprint density at radius 1 is 1.35 bits per heavy atom. The molecule has 3 aromatic rings. The molecule has 3 heterocycles. The van der Waals surface area contributed by atoms with Crippen LogP contribution < -0.4 is 5.73 Å². The fourth-order valence-electron chi connectivity index (χ4n) is 1.88. The SMILES string of the molecule is CC(N)c1ncc2scc(-c3ccncc3)n12. The van der Waals surface area contributed by atoms with E-state index in [2.05, 4.69) is 19.7 Å². The second-order valence-electron chi connectivity index (χ2n) is 3.94. The summed E-state index contributed by atoms with van der Waals surface area (Å²) in [5.41, 5.74) is 8.19. The molecule has 0 aliphatic rings. The maximum Gasteiger partial charge on any atom is 0.131 e. The van der Waals surface area contributed by atoms with Crippen molar-refractivity contribution in [3.8, 4) is 11.3 Å². The highest BCUT2D eigenvalue weighted by Crippen LogP contribution is 2.28. The zero-order valence-corrected chi connectivity index (χ0v) is 10.2. The third kappa shape index (κ3) is 1.64. The van der Waals surface area contributed by atoms with E-state index in [1.54, 1.807) is 23.7 Å². The Labute approximate surface area is 103 Å². The van der Waals surface area contributed by atoms with Gasteiger partial charge >= 0.3 is 0 Å². The molecule has 3 rings (SSSR count). The maximum atomic E-state index is 5.94. The van der Waals surface area contributed by atoms with Crippen LogP contribution in [0.5, 0.6) is 0 Å². The van der Waals surface area contributed by atoms with E-state index < -0.39 is 0 Å². The lowest BCUT2D eigenvalue weighted by atomic mass is 10.2. The quantitative estimate of drug-likeness (QED) is 0.753. The molecular weight excluding hydrogens is 232 g/mol. The van der Waals surface area contributed by atoms with Crippen LogP contribution in [0.2, 0.25) is 0 Å². The Hall–Kier alpha value is -1.72. The van der Waals surface area contributed by atoms with Crippen LogP contribution in [-0.2, 0) is 0 Å². The highest BCUT2D eigenvalue weighted by molar-refractivity contribution is 7.15. The third-order valence-corrected chi connectivity index (χ3v) is 3.54. The molecule has 0 spiro atoms. The summed E-state index contributed by atoms with van der Waals surface area (Å²) in [5, 5.41) is 2.12. The zero-order chi connectivity index (χ0) is 11.8. The second kappa shape index (κ2) is 3.94. The van der Waals surface area contributed by atoms with Crippen LogP contribution in [0.3, 0.4) is 0 Å². The van der Waals surface area contributed by atoms with Crippen molar-refractivity contribution >= 4 is 16.2 Å². The van der Waals surface area contributed by atoms with E-state index >= 15 is 0 Å². The molecule has 0 saturated carbocycles. The first kappa shape index (κ1) is 10.4. The van der Waals surface area contributed by atoms with Gasteiger partial charge in [0.2, 0.25) is 0 Å². The molecule has 1 atom stereocenters. The minimum atomic E-state index is -0.0762. The molecule has 0 aliphatic carbocycles. The Morgan fingerprint density at radius 2 is 2.12 bits per heavy atom. The van der Waals surface area contributed by atoms with Gasteiger partial charge in [0.25, 0.3) is 0 Å². The van der Waals surface area contributed by atoms with Crippen LogP contribution in [0.25, 0.3) is 16.1 Å². The zero-order valence-electron chi connectivity index (χ0n) is 9.37. The van der Waals surface area contributed by atoms with Crippen molar-refractivity contribution < 1.29 is 0 Å². The van der Waals surface area contributed by atoms with Crippen molar-refractivity contribution in [2.45, 2.75) is 13.0 Å². The predicted octanol–water partition coefficient (Wildman–Crippen LogP) is 2.48. The number of aromatic nitrogens is 3. The molecule has 1 unspecified atom stereocenters. The number of imidazole rings is 1. The average molecular weight is 244 g/mol. The van der Waals surface area contributed by atoms with Crippen molar-refractivity contribution in [2.75, 3.05) is 0 Å². The Kier molecular flexibility index (Phi) is 2.42. The number of hydrogen-bond donors (Lipinski definition) is 1. The van der Waals surface area contributed by atoms with Gasteiger partial charge in [-0.2, -0.15) is 0 Å². The summed E-state index contributed by atoms with van der Waals surface area (Å²) in [6.45, 7) is 1.95. The molecule has 0 fully saturated rings. The molecule has 0 amide bonds. The summed E-state index contributed by atoms with van der Waals surface area (Å²) >= 11 is 1.67. The topological polar surface area (TPSA) is 56.2 Å². The standard InChI is InChI=1S/C12H12N4S/c1-8(13)12-15-6-11-16(12)10(7-17-11)9-2-4-14-5-3-9/h2-8H,13H2,1H3. The van der Waals surface area contributed by atoms with Gasteiger partial charge < -0.3 is 5.73 Å². The van der Waals surface area contributed by atoms with Crippen molar-refractivity contribution in [3.63, 3.8) is 0 Å². The van der Waals surface area contributed by atoms with Gasteiger partial charge in [-0.15, -0.1) is 11.3 Å². The Morgan fingerprint density at radius 3 is 2.82 bits per heavy atom. The van der Waals surface area contributed by atoms with Crippen molar-refractivity contribution in [1.29, 1.82) is 0 Å². The highest BCUT2D eigenvalue weighted by atomic mass is 32.1. The fourth-order valence-corrected chi connectivity index (χ4v) is 2.77. The summed E-state index contributed by atoms with van der Waals surface area (Å²) < 4.78 is 2.12. The van der Waals surface area contributed by atoms with E-state index in [4.69, 9.17) is 5.73 Å². The van der Waals surface area contributed by atoms with Gasteiger partial charge in [0.05, 0.1) is 17.9 Å². The molecule has 17 heavy (non-hydrogen) atoms. The lowest BCUT2D eigenvalue weighted by molar-refractivity contribution is 0.739. The van der Waals surface area contributed by atoms with E-state index in [-0.39, 0.29) is 6.04 Å². The van der Waals surface area contributed by atoms with Crippen LogP contribution in [0, 0.1) is 0 Å². The van der Waals surface area contributed by atoms with Crippen LogP contribution >= 0.6 is 11.3 Å². The molecule has 4 nitrogen and oxygen atoms in total. The van der Waals surface area contributed by atoms with E-state index in [0.29, 0.717) is 0 Å². The van der Waals surface area contributed by atoms with Gasteiger partial charge in [0.1, 0.15) is 10.7 Å². The number of pyridine rings is 1. The van der Waals surface area contributed by atoms with E-state index in [1.165, 1.54) is 0 Å². The fraction of sp³-hybridized carbons (Fsp3) is 0.167. The number of hydrogen-bond acceptors (Lipinski definition) is 4. The lowest BCUT2D eigenvalue weighted by Gasteiger charge is -2.06. The molecule has 0 radical (unpaired) electrons. The largest absolute Gasteiger partial charge is 0.322 e. The number of nitrogens with zero attached hydrogens (tertiary/aromatic N) is 3. The number of thiazole rings is 1. The minimum Gasteiger partial charge on any atom is -0.322 e. The van der Waals surface area contributed by atoms with E-state index in [0.717, 1.165) is 21.9 Å². The van der Waals surface area contributed by atoms with E-state index in [9.17, 15) is 0 Å². The summed E-state index contributed by atoms with van der Waals surface area (Å²) in [6, 6.07) is 3.91. The predicted molar refractivity (Wildman–Crippen MR) is 68.9 cm³/mol. The third-order valence-electron chi connectivity index (χ3n) is 2.67. The molecule has 0 aliphatic heterocycles. The molecule has 0 bridgehead atoms. The molecule has 86 valence electrons. The molecule has 0 saturated heterocycles. The summed E-state index contributed by atoms with van der Waals surface area (Å²) in [6.07, 6.45) is 5.46. The average Bonchev–Trinajstić information content (AvgIpc) is 2.90. The molecule has 5 heteroatoms. The minimum absolute atomic E-state index is 0.0762. The maximum absolute atomic E-state index is 5.94. The molecular formula is C12H12N4S. The smallest absolute Gasteiger partial charge is 0.131 e. The summed E-state index contributed by atoms with van der Waals surface area (Å²) in [4.78, 5) is 9.52. The van der Waals surface area contributed by atoms with Gasteiger partial charge in [0, 0.05) is 23.3 Å². The van der Waals surface area contributed by atoms with Crippen molar-refractivity contribution in [2.24, 2.45) is 5.73 Å². The van der Waals surface area contributed by atoms with Crippen LogP contribution in [0.1, 0.15) is 18.8 Å². The first-order valence-electron chi connectivity index (χ1n) is 5.38. The summed E-state index contributed by atoms with van der Waals surface area (Å²) in [5.74, 6) is 0.896. The second-order valence-corrected chi connectivity index (χ2v) is 4.83. The van der Waals surface area contributed by atoms with Crippen molar-refractivity contribution in [1.82, 2.24) is 14.4 Å². The number of fused-ring (bicyclic) bond motifs is 1. The Balaban J connectivity index is 2.27. The monoisotopic (exact) mass is 244 g/mol. The van der Waals surface area contributed by atoms with Crippen LogP contribution in [0.4, 0.5) is 0 Å². The first-order valence-corrected chi connectivity index (χ1v) is 6.26. The molecule has 0 aromatic carbocycles. The van der Waals surface area contributed by atoms with Crippen LogP contribution in [0.15, 0.2) is 36.1 Å². The van der Waals surface area contributed by atoms with Crippen molar-refractivity contribution in [3.05, 3.63) is 41.9 Å². The normalized spacial score (nSPS) is 13.1. The number of rotatable bonds is 2.